The van der Waals surface area contributed by atoms with E-state index in [4.69, 9.17) is 11.6 Å². The number of thiophene rings is 1. The third-order valence-corrected chi connectivity index (χ3v) is 7.49. The average Bonchev–Trinajstić information content (AvgIpc) is 3.36. The lowest BCUT2D eigenvalue weighted by atomic mass is 9.98. The highest BCUT2D eigenvalue weighted by atomic mass is 35.5. The Bertz CT molecular complexity index is 1450. The Labute approximate surface area is 231 Å². The standard InChI is InChI=1S/C30H30ClN3O3S/c1-4-21-14-24(31)12-19(3)28(21)29(35)34-26(30(36)37)13-20-5-7-22(8-6-20)23-15-25(38-17-23)16-33-27-11-18(2)9-10-32-27/h5-12,14-15,17,26H,4,13,16H2,1-3H3,(H,32,33)(H,34,35)(H,36,37). The van der Waals surface area contributed by atoms with E-state index < -0.39 is 17.9 Å². The summed E-state index contributed by atoms with van der Waals surface area (Å²) < 4.78 is 0. The first-order valence-corrected chi connectivity index (χ1v) is 13.6. The first-order valence-electron chi connectivity index (χ1n) is 12.4. The van der Waals surface area contributed by atoms with Crippen LogP contribution < -0.4 is 10.6 Å². The highest BCUT2D eigenvalue weighted by Gasteiger charge is 2.23. The van der Waals surface area contributed by atoms with Gasteiger partial charge in [0.2, 0.25) is 0 Å². The maximum Gasteiger partial charge on any atom is 0.326 e. The van der Waals surface area contributed by atoms with Gasteiger partial charge in [-0.25, -0.2) is 9.78 Å². The Morgan fingerprint density at radius 3 is 2.50 bits per heavy atom. The van der Waals surface area contributed by atoms with E-state index in [9.17, 15) is 14.7 Å². The molecule has 0 spiro atoms. The van der Waals surface area contributed by atoms with Crippen molar-refractivity contribution in [1.29, 1.82) is 0 Å². The Hall–Kier alpha value is -3.68. The van der Waals surface area contributed by atoms with Crippen molar-refractivity contribution < 1.29 is 14.7 Å². The van der Waals surface area contributed by atoms with Gasteiger partial charge in [0, 0.05) is 28.1 Å². The fourth-order valence-electron chi connectivity index (χ4n) is 4.35. The number of aryl methyl sites for hydroxylation is 3. The van der Waals surface area contributed by atoms with Crippen molar-refractivity contribution in [3.05, 3.63) is 104 Å². The molecule has 2 aromatic carbocycles. The molecule has 0 aliphatic rings. The topological polar surface area (TPSA) is 91.3 Å². The number of hydrogen-bond acceptors (Lipinski definition) is 5. The monoisotopic (exact) mass is 547 g/mol. The van der Waals surface area contributed by atoms with Crippen LogP contribution in [0, 0.1) is 13.8 Å². The van der Waals surface area contributed by atoms with Gasteiger partial charge in [-0.2, -0.15) is 0 Å². The lowest BCUT2D eigenvalue weighted by Crippen LogP contribution is -2.42. The first-order chi connectivity index (χ1) is 18.2. The van der Waals surface area contributed by atoms with Crippen LogP contribution in [-0.2, 0) is 24.2 Å². The van der Waals surface area contributed by atoms with Crippen LogP contribution in [0.4, 0.5) is 5.82 Å². The molecule has 0 saturated carbocycles. The van der Waals surface area contributed by atoms with Gasteiger partial charge in [-0.05, 0) is 89.4 Å². The minimum atomic E-state index is -1.08. The summed E-state index contributed by atoms with van der Waals surface area (Å²) in [6.07, 6.45) is 2.59. The van der Waals surface area contributed by atoms with Crippen molar-refractivity contribution in [2.24, 2.45) is 0 Å². The van der Waals surface area contributed by atoms with Crippen LogP contribution in [0.25, 0.3) is 11.1 Å². The number of carbonyl (C=O) groups excluding carboxylic acids is 1. The molecule has 1 unspecified atom stereocenters. The number of anilines is 1. The van der Waals surface area contributed by atoms with E-state index in [1.54, 1.807) is 36.6 Å². The Kier molecular flexibility index (Phi) is 8.81. The largest absolute Gasteiger partial charge is 0.480 e. The zero-order chi connectivity index (χ0) is 27.2. The number of carboxylic acid groups (broad SMARTS) is 1. The third kappa shape index (κ3) is 6.79. The molecule has 0 radical (unpaired) electrons. The summed E-state index contributed by atoms with van der Waals surface area (Å²) in [6.45, 7) is 6.47. The predicted octanol–water partition coefficient (Wildman–Crippen LogP) is 6.68. The highest BCUT2D eigenvalue weighted by molar-refractivity contribution is 7.10. The SMILES string of the molecule is CCc1cc(Cl)cc(C)c1C(=O)NC(Cc1ccc(-c2csc(CNc3cc(C)ccn3)c2)cc1)C(=O)O. The van der Waals surface area contributed by atoms with E-state index in [1.165, 1.54) is 4.88 Å². The Balaban J connectivity index is 1.41. The second-order valence-corrected chi connectivity index (χ2v) is 10.7. The van der Waals surface area contributed by atoms with Crippen molar-refractivity contribution in [3.8, 4) is 11.1 Å². The third-order valence-electron chi connectivity index (χ3n) is 6.33. The van der Waals surface area contributed by atoms with Gasteiger partial charge in [-0.1, -0.05) is 42.8 Å². The van der Waals surface area contributed by atoms with Crippen LogP contribution in [0.2, 0.25) is 5.02 Å². The zero-order valence-corrected chi connectivity index (χ0v) is 23.1. The highest BCUT2D eigenvalue weighted by Crippen LogP contribution is 2.27. The van der Waals surface area contributed by atoms with Gasteiger partial charge in [-0.15, -0.1) is 11.3 Å². The summed E-state index contributed by atoms with van der Waals surface area (Å²) in [6, 6.07) is 16.3. The van der Waals surface area contributed by atoms with E-state index in [1.807, 2.05) is 50.2 Å². The molecule has 3 N–H and O–H groups in total. The molecule has 0 aliphatic heterocycles. The van der Waals surface area contributed by atoms with E-state index in [-0.39, 0.29) is 6.42 Å². The Morgan fingerprint density at radius 1 is 1.05 bits per heavy atom. The number of rotatable bonds is 10. The summed E-state index contributed by atoms with van der Waals surface area (Å²) in [5.74, 6) is -0.632. The lowest BCUT2D eigenvalue weighted by Gasteiger charge is -2.18. The molecule has 6 nitrogen and oxygen atoms in total. The second kappa shape index (κ2) is 12.2. The van der Waals surface area contributed by atoms with Gasteiger partial charge in [0.25, 0.3) is 5.91 Å². The average molecular weight is 548 g/mol. The molecule has 4 aromatic rings. The van der Waals surface area contributed by atoms with Crippen LogP contribution in [0.1, 0.15) is 44.4 Å². The number of amides is 1. The maximum absolute atomic E-state index is 13.0. The minimum Gasteiger partial charge on any atom is -0.480 e. The molecule has 1 amide bonds. The van der Waals surface area contributed by atoms with Crippen LogP contribution in [0.3, 0.4) is 0 Å². The smallest absolute Gasteiger partial charge is 0.326 e. The van der Waals surface area contributed by atoms with E-state index in [0.29, 0.717) is 23.6 Å². The van der Waals surface area contributed by atoms with Gasteiger partial charge < -0.3 is 15.7 Å². The number of benzene rings is 2. The molecular weight excluding hydrogens is 518 g/mol. The van der Waals surface area contributed by atoms with Crippen LogP contribution >= 0.6 is 22.9 Å². The summed E-state index contributed by atoms with van der Waals surface area (Å²) in [4.78, 5) is 30.6. The molecule has 1 atom stereocenters. The van der Waals surface area contributed by atoms with E-state index >= 15 is 0 Å². The number of aliphatic carboxylic acids is 1. The fourth-order valence-corrected chi connectivity index (χ4v) is 5.48. The number of pyridine rings is 1. The van der Waals surface area contributed by atoms with Crippen molar-refractivity contribution in [2.45, 2.75) is 46.2 Å². The molecule has 0 fully saturated rings. The van der Waals surface area contributed by atoms with Crippen molar-refractivity contribution in [2.75, 3.05) is 5.32 Å². The summed E-state index contributed by atoms with van der Waals surface area (Å²) >= 11 is 7.82. The number of nitrogens with one attached hydrogen (secondary N) is 2. The fraction of sp³-hybridized carbons (Fsp3) is 0.233. The van der Waals surface area contributed by atoms with Gasteiger partial charge in [0.15, 0.2) is 0 Å². The minimum absolute atomic E-state index is 0.178. The molecule has 196 valence electrons. The second-order valence-electron chi connectivity index (χ2n) is 9.25. The van der Waals surface area contributed by atoms with E-state index in [0.717, 1.165) is 39.2 Å². The summed E-state index contributed by atoms with van der Waals surface area (Å²) in [5.41, 5.74) is 6.13. The maximum atomic E-state index is 13.0. The van der Waals surface area contributed by atoms with Crippen LogP contribution in [0.5, 0.6) is 0 Å². The zero-order valence-electron chi connectivity index (χ0n) is 21.5. The number of hydrogen-bond donors (Lipinski definition) is 3. The number of carbonyl (C=O) groups is 2. The summed E-state index contributed by atoms with van der Waals surface area (Å²) in [7, 11) is 0. The van der Waals surface area contributed by atoms with Crippen molar-refractivity contribution in [3.63, 3.8) is 0 Å². The molecule has 0 saturated heterocycles. The normalized spacial score (nSPS) is 11.7. The predicted molar refractivity (Wildman–Crippen MR) is 154 cm³/mol. The van der Waals surface area contributed by atoms with Gasteiger partial charge in [0.05, 0.1) is 6.54 Å². The molecule has 0 bridgehead atoms. The van der Waals surface area contributed by atoms with Crippen LogP contribution in [0.15, 0.2) is 66.2 Å². The quantitative estimate of drug-likeness (QED) is 0.206. The molecule has 38 heavy (non-hydrogen) atoms. The van der Waals surface area contributed by atoms with Crippen molar-refractivity contribution >= 4 is 40.6 Å². The molecule has 2 heterocycles. The molecule has 2 aromatic heterocycles. The van der Waals surface area contributed by atoms with E-state index in [2.05, 4.69) is 27.1 Å². The Morgan fingerprint density at radius 2 is 1.82 bits per heavy atom. The number of carboxylic acids is 1. The number of halogens is 1. The molecule has 8 heteroatoms. The molecule has 0 aliphatic carbocycles. The van der Waals surface area contributed by atoms with Crippen molar-refractivity contribution in [1.82, 2.24) is 10.3 Å². The lowest BCUT2D eigenvalue weighted by molar-refractivity contribution is -0.139. The molecular formula is C30H30ClN3O3S. The molecule has 4 rings (SSSR count). The van der Waals surface area contributed by atoms with Gasteiger partial charge in [0.1, 0.15) is 11.9 Å². The van der Waals surface area contributed by atoms with Crippen LogP contribution in [-0.4, -0.2) is 28.0 Å². The van der Waals surface area contributed by atoms with Gasteiger partial charge in [-0.3, -0.25) is 4.79 Å². The number of aromatic nitrogens is 1. The summed E-state index contributed by atoms with van der Waals surface area (Å²) in [5, 5.41) is 18.5. The number of nitrogens with zero attached hydrogens (tertiary/aromatic N) is 1. The first kappa shape index (κ1) is 27.4. The van der Waals surface area contributed by atoms with Gasteiger partial charge >= 0.3 is 5.97 Å².